The third-order valence-electron chi connectivity index (χ3n) is 4.35. The number of thiazole rings is 1. The molecule has 0 aliphatic heterocycles. The van der Waals surface area contributed by atoms with E-state index in [1.54, 1.807) is 18.7 Å². The van der Waals surface area contributed by atoms with E-state index >= 15 is 0 Å². The molecule has 0 spiro atoms. The number of anilines is 1. The van der Waals surface area contributed by atoms with Crippen LogP contribution in [0.15, 0.2) is 30.3 Å². The van der Waals surface area contributed by atoms with Gasteiger partial charge in [0.2, 0.25) is 5.91 Å². The van der Waals surface area contributed by atoms with Crippen molar-refractivity contribution in [3.63, 3.8) is 0 Å². The van der Waals surface area contributed by atoms with Crippen molar-refractivity contribution in [1.29, 1.82) is 0 Å². The lowest BCUT2D eigenvalue weighted by molar-refractivity contribution is -0.120. The second-order valence-electron chi connectivity index (χ2n) is 6.36. The third-order valence-corrected chi connectivity index (χ3v) is 5.51. The number of esters is 1. The second kappa shape index (κ2) is 7.35. The van der Waals surface area contributed by atoms with Crippen LogP contribution in [0.25, 0.3) is 0 Å². The summed E-state index contributed by atoms with van der Waals surface area (Å²) in [7, 11) is 0. The first-order valence-corrected chi connectivity index (χ1v) is 9.32. The molecule has 132 valence electrons. The van der Waals surface area contributed by atoms with Gasteiger partial charge in [0.1, 0.15) is 4.88 Å². The summed E-state index contributed by atoms with van der Waals surface area (Å²) >= 11 is 1.23. The number of ether oxygens (including phenoxy) is 1. The number of aromatic nitrogens is 1. The highest BCUT2D eigenvalue weighted by Gasteiger charge is 2.42. The van der Waals surface area contributed by atoms with E-state index in [1.807, 2.05) is 30.3 Å². The minimum absolute atomic E-state index is 0.0546. The van der Waals surface area contributed by atoms with Crippen molar-refractivity contribution < 1.29 is 14.3 Å². The van der Waals surface area contributed by atoms with Crippen molar-refractivity contribution in [2.75, 3.05) is 11.5 Å². The molecule has 2 aromatic rings. The maximum Gasteiger partial charge on any atom is 0.350 e. The van der Waals surface area contributed by atoms with E-state index in [-0.39, 0.29) is 17.8 Å². The van der Waals surface area contributed by atoms with Crippen molar-refractivity contribution in [1.82, 2.24) is 4.98 Å². The Labute approximate surface area is 151 Å². The summed E-state index contributed by atoms with van der Waals surface area (Å²) in [5.74, 6) is 0.173. The van der Waals surface area contributed by atoms with E-state index in [0.29, 0.717) is 34.8 Å². The number of benzene rings is 1. The first kappa shape index (κ1) is 17.6. The Morgan fingerprint density at radius 1 is 1.32 bits per heavy atom. The van der Waals surface area contributed by atoms with Gasteiger partial charge in [-0.25, -0.2) is 9.78 Å². The summed E-state index contributed by atoms with van der Waals surface area (Å²) in [4.78, 5) is 31.7. The van der Waals surface area contributed by atoms with Gasteiger partial charge in [0, 0.05) is 5.92 Å². The molecule has 1 heterocycles. The van der Waals surface area contributed by atoms with Gasteiger partial charge in [0.15, 0.2) is 5.13 Å². The highest BCUT2D eigenvalue weighted by atomic mass is 32.1. The first-order valence-electron chi connectivity index (χ1n) is 8.51. The van der Waals surface area contributed by atoms with Crippen LogP contribution in [0, 0.1) is 18.8 Å². The van der Waals surface area contributed by atoms with E-state index in [9.17, 15) is 9.59 Å². The predicted octanol–water partition coefficient (Wildman–Crippen LogP) is 3.82. The van der Waals surface area contributed by atoms with Crippen molar-refractivity contribution in [2.45, 2.75) is 33.7 Å². The molecule has 1 aliphatic carbocycles. The number of aryl methyl sites for hydroxylation is 1. The standard InChI is InChI=1S/C19H22N2O3S/c1-4-24-18(23)16-13(3)20-19(25-16)21(17(22)15-10-12(15)2)11-14-8-6-5-7-9-14/h5-9,12,15H,4,10-11H2,1-3H3/t12-,15-/m0/s1. The van der Waals surface area contributed by atoms with Gasteiger partial charge in [0.05, 0.1) is 18.8 Å². The van der Waals surface area contributed by atoms with Crippen LogP contribution in [0.3, 0.4) is 0 Å². The average Bonchev–Trinajstić information content (AvgIpc) is 3.20. The number of carbonyl (C=O) groups excluding carboxylic acids is 2. The summed E-state index contributed by atoms with van der Waals surface area (Å²) in [5.41, 5.74) is 1.64. The fourth-order valence-electron chi connectivity index (χ4n) is 2.76. The fraction of sp³-hybridized carbons (Fsp3) is 0.421. The number of nitrogens with zero attached hydrogens (tertiary/aromatic N) is 2. The smallest absolute Gasteiger partial charge is 0.350 e. The zero-order valence-electron chi connectivity index (χ0n) is 14.7. The number of carbonyl (C=O) groups is 2. The Morgan fingerprint density at radius 2 is 2.00 bits per heavy atom. The van der Waals surface area contributed by atoms with Crippen molar-refractivity contribution in [2.24, 2.45) is 11.8 Å². The Hall–Kier alpha value is -2.21. The monoisotopic (exact) mass is 358 g/mol. The number of hydrogen-bond donors (Lipinski definition) is 0. The van der Waals surface area contributed by atoms with E-state index in [2.05, 4.69) is 11.9 Å². The van der Waals surface area contributed by atoms with Gasteiger partial charge in [-0.1, -0.05) is 48.6 Å². The Bertz CT molecular complexity index is 772. The predicted molar refractivity (Wildman–Crippen MR) is 97.7 cm³/mol. The molecule has 6 heteroatoms. The molecule has 1 fully saturated rings. The summed E-state index contributed by atoms with van der Waals surface area (Å²) in [6.07, 6.45) is 0.916. The molecular formula is C19H22N2O3S. The molecule has 5 nitrogen and oxygen atoms in total. The normalized spacial score (nSPS) is 18.7. The van der Waals surface area contributed by atoms with Crippen molar-refractivity contribution >= 4 is 28.3 Å². The van der Waals surface area contributed by atoms with Gasteiger partial charge in [-0.2, -0.15) is 0 Å². The van der Waals surface area contributed by atoms with Crippen LogP contribution in [0.1, 0.15) is 41.2 Å². The summed E-state index contributed by atoms with van der Waals surface area (Å²) in [6.45, 7) is 6.41. The highest BCUT2D eigenvalue weighted by molar-refractivity contribution is 7.17. The summed E-state index contributed by atoms with van der Waals surface area (Å²) < 4.78 is 5.09. The summed E-state index contributed by atoms with van der Waals surface area (Å²) in [6, 6.07) is 9.83. The molecular weight excluding hydrogens is 336 g/mol. The summed E-state index contributed by atoms with van der Waals surface area (Å²) in [5, 5.41) is 0.563. The second-order valence-corrected chi connectivity index (χ2v) is 7.34. The zero-order chi connectivity index (χ0) is 18.0. The molecule has 25 heavy (non-hydrogen) atoms. The van der Waals surface area contributed by atoms with Crippen LogP contribution in [0.2, 0.25) is 0 Å². The van der Waals surface area contributed by atoms with Gasteiger partial charge >= 0.3 is 5.97 Å². The molecule has 1 amide bonds. The third kappa shape index (κ3) is 3.90. The Balaban J connectivity index is 1.90. The minimum Gasteiger partial charge on any atom is -0.462 e. The molecule has 0 unspecified atom stereocenters. The highest BCUT2D eigenvalue weighted by Crippen LogP contribution is 2.41. The van der Waals surface area contributed by atoms with E-state index in [0.717, 1.165) is 12.0 Å². The van der Waals surface area contributed by atoms with Crippen LogP contribution in [-0.4, -0.2) is 23.5 Å². The molecule has 0 N–H and O–H groups in total. The lowest BCUT2D eigenvalue weighted by Crippen LogP contribution is -2.32. The maximum atomic E-state index is 12.9. The molecule has 1 saturated carbocycles. The molecule has 0 saturated heterocycles. The van der Waals surface area contributed by atoms with Gasteiger partial charge in [-0.3, -0.25) is 9.69 Å². The SMILES string of the molecule is CCOC(=O)c1sc(N(Cc2ccccc2)C(=O)[C@H]2C[C@@H]2C)nc1C. The van der Waals surface area contributed by atoms with Gasteiger partial charge < -0.3 is 4.74 Å². The first-order chi connectivity index (χ1) is 12.0. The molecule has 1 aliphatic rings. The average molecular weight is 358 g/mol. The molecule has 0 bridgehead atoms. The lowest BCUT2D eigenvalue weighted by Gasteiger charge is -2.20. The number of amides is 1. The van der Waals surface area contributed by atoms with Gasteiger partial charge in [0.25, 0.3) is 0 Å². The van der Waals surface area contributed by atoms with Crippen molar-refractivity contribution in [3.8, 4) is 0 Å². The molecule has 0 radical (unpaired) electrons. The van der Waals surface area contributed by atoms with Crippen LogP contribution in [-0.2, 0) is 16.1 Å². The van der Waals surface area contributed by atoms with Gasteiger partial charge in [-0.05, 0) is 31.7 Å². The van der Waals surface area contributed by atoms with Crippen LogP contribution in [0.4, 0.5) is 5.13 Å². The lowest BCUT2D eigenvalue weighted by atomic mass is 10.2. The van der Waals surface area contributed by atoms with Crippen molar-refractivity contribution in [3.05, 3.63) is 46.5 Å². The van der Waals surface area contributed by atoms with Crippen LogP contribution < -0.4 is 4.90 Å². The maximum absolute atomic E-state index is 12.9. The Kier molecular flexibility index (Phi) is 5.18. The Morgan fingerprint density at radius 3 is 2.60 bits per heavy atom. The number of hydrogen-bond acceptors (Lipinski definition) is 5. The quantitative estimate of drug-likeness (QED) is 0.737. The topological polar surface area (TPSA) is 59.5 Å². The largest absolute Gasteiger partial charge is 0.462 e. The van der Waals surface area contributed by atoms with E-state index < -0.39 is 0 Å². The molecule has 3 rings (SSSR count). The van der Waals surface area contributed by atoms with E-state index in [4.69, 9.17) is 4.74 Å². The zero-order valence-corrected chi connectivity index (χ0v) is 15.5. The van der Waals surface area contributed by atoms with E-state index in [1.165, 1.54) is 11.3 Å². The molecule has 1 aromatic carbocycles. The van der Waals surface area contributed by atoms with Crippen LogP contribution >= 0.6 is 11.3 Å². The minimum atomic E-state index is -0.379. The van der Waals surface area contributed by atoms with Crippen LogP contribution in [0.5, 0.6) is 0 Å². The molecule has 2 atom stereocenters. The van der Waals surface area contributed by atoms with Gasteiger partial charge in [-0.15, -0.1) is 0 Å². The number of rotatable bonds is 6. The fourth-order valence-corrected chi connectivity index (χ4v) is 3.72. The molecule has 1 aromatic heterocycles.